The Hall–Kier alpha value is -2.43. The molecule has 0 atom stereocenters. The molecule has 5 heteroatoms. The Labute approximate surface area is 105 Å². The lowest BCUT2D eigenvalue weighted by Crippen LogP contribution is -2.25. The standard InChI is InChI=1S/C13H14N4O/c14-12-3-1-10(2-4-12)5-7-15-13(18)11-6-8-16-17-9-11/h1-4,6,8-9H,5,7,14H2,(H,15,18). The molecule has 92 valence electrons. The largest absolute Gasteiger partial charge is 0.399 e. The summed E-state index contributed by atoms with van der Waals surface area (Å²) >= 11 is 0. The quantitative estimate of drug-likeness (QED) is 0.785. The fourth-order valence-electron chi connectivity index (χ4n) is 1.53. The summed E-state index contributed by atoms with van der Waals surface area (Å²) in [6, 6.07) is 9.24. The highest BCUT2D eigenvalue weighted by Gasteiger charge is 2.04. The summed E-state index contributed by atoms with van der Waals surface area (Å²) in [5.41, 5.74) is 7.99. The second-order valence-corrected chi connectivity index (χ2v) is 3.88. The number of amides is 1. The highest BCUT2D eigenvalue weighted by atomic mass is 16.1. The van der Waals surface area contributed by atoms with Gasteiger partial charge in [0.05, 0.1) is 18.0 Å². The van der Waals surface area contributed by atoms with Crippen LogP contribution in [0.4, 0.5) is 5.69 Å². The van der Waals surface area contributed by atoms with E-state index in [2.05, 4.69) is 15.5 Å². The molecule has 2 aromatic rings. The molecule has 0 aliphatic heterocycles. The van der Waals surface area contributed by atoms with Crippen LogP contribution in [0.25, 0.3) is 0 Å². The molecule has 1 aromatic heterocycles. The van der Waals surface area contributed by atoms with Crippen molar-refractivity contribution in [1.29, 1.82) is 0 Å². The Morgan fingerprint density at radius 2 is 1.94 bits per heavy atom. The van der Waals surface area contributed by atoms with Crippen molar-refractivity contribution in [2.45, 2.75) is 6.42 Å². The zero-order valence-electron chi connectivity index (χ0n) is 9.84. The van der Waals surface area contributed by atoms with Gasteiger partial charge in [0, 0.05) is 12.2 Å². The molecule has 18 heavy (non-hydrogen) atoms. The first-order valence-corrected chi connectivity index (χ1v) is 5.65. The molecule has 0 aliphatic carbocycles. The van der Waals surface area contributed by atoms with Gasteiger partial charge < -0.3 is 11.1 Å². The predicted octanol–water partition coefficient (Wildman–Crippen LogP) is 1.03. The number of benzene rings is 1. The fourth-order valence-corrected chi connectivity index (χ4v) is 1.53. The number of nitrogens with zero attached hydrogens (tertiary/aromatic N) is 2. The van der Waals surface area contributed by atoms with Crippen molar-refractivity contribution in [3.8, 4) is 0 Å². The lowest BCUT2D eigenvalue weighted by Gasteiger charge is -2.05. The summed E-state index contributed by atoms with van der Waals surface area (Å²) in [5.74, 6) is -0.139. The van der Waals surface area contributed by atoms with Crippen LogP contribution < -0.4 is 11.1 Å². The van der Waals surface area contributed by atoms with Crippen LogP contribution in [-0.4, -0.2) is 22.6 Å². The topological polar surface area (TPSA) is 80.9 Å². The van der Waals surface area contributed by atoms with E-state index in [-0.39, 0.29) is 5.91 Å². The summed E-state index contributed by atoms with van der Waals surface area (Å²) in [7, 11) is 0. The smallest absolute Gasteiger partial charge is 0.252 e. The number of rotatable bonds is 4. The molecule has 0 aliphatic rings. The maximum atomic E-state index is 11.7. The maximum Gasteiger partial charge on any atom is 0.252 e. The van der Waals surface area contributed by atoms with E-state index < -0.39 is 0 Å². The van der Waals surface area contributed by atoms with E-state index in [4.69, 9.17) is 5.73 Å². The normalized spacial score (nSPS) is 10.0. The Morgan fingerprint density at radius 1 is 1.17 bits per heavy atom. The molecule has 0 saturated carbocycles. The van der Waals surface area contributed by atoms with Crippen LogP contribution >= 0.6 is 0 Å². The number of hydrogen-bond donors (Lipinski definition) is 2. The summed E-state index contributed by atoms with van der Waals surface area (Å²) in [5, 5.41) is 10.1. The van der Waals surface area contributed by atoms with Gasteiger partial charge in [-0.05, 0) is 30.2 Å². The Morgan fingerprint density at radius 3 is 2.61 bits per heavy atom. The van der Waals surface area contributed by atoms with Crippen molar-refractivity contribution in [3.05, 3.63) is 53.9 Å². The molecule has 1 heterocycles. The third kappa shape index (κ3) is 3.28. The molecule has 0 spiro atoms. The molecule has 1 aromatic carbocycles. The molecule has 0 bridgehead atoms. The van der Waals surface area contributed by atoms with Crippen LogP contribution in [0.2, 0.25) is 0 Å². The SMILES string of the molecule is Nc1ccc(CCNC(=O)c2ccnnc2)cc1. The molecule has 5 nitrogen and oxygen atoms in total. The fraction of sp³-hybridized carbons (Fsp3) is 0.154. The molecule has 1 amide bonds. The number of nitrogen functional groups attached to an aromatic ring is 1. The predicted molar refractivity (Wildman–Crippen MR) is 68.9 cm³/mol. The van der Waals surface area contributed by atoms with Crippen LogP contribution in [0.15, 0.2) is 42.7 Å². The van der Waals surface area contributed by atoms with Crippen molar-refractivity contribution in [2.75, 3.05) is 12.3 Å². The van der Waals surface area contributed by atoms with Gasteiger partial charge in [0.1, 0.15) is 0 Å². The van der Waals surface area contributed by atoms with Gasteiger partial charge >= 0.3 is 0 Å². The van der Waals surface area contributed by atoms with Gasteiger partial charge in [-0.25, -0.2) is 0 Å². The molecule has 0 saturated heterocycles. The number of aromatic nitrogens is 2. The first kappa shape index (κ1) is 12.0. The highest BCUT2D eigenvalue weighted by Crippen LogP contribution is 2.05. The third-order valence-electron chi connectivity index (χ3n) is 2.53. The van der Waals surface area contributed by atoms with E-state index in [1.54, 1.807) is 6.07 Å². The van der Waals surface area contributed by atoms with Crippen LogP contribution in [0.1, 0.15) is 15.9 Å². The Kier molecular flexibility index (Phi) is 3.86. The summed E-state index contributed by atoms with van der Waals surface area (Å²) < 4.78 is 0. The van der Waals surface area contributed by atoms with Crippen LogP contribution in [0.3, 0.4) is 0 Å². The third-order valence-corrected chi connectivity index (χ3v) is 2.53. The van der Waals surface area contributed by atoms with E-state index >= 15 is 0 Å². The minimum atomic E-state index is -0.139. The van der Waals surface area contributed by atoms with Gasteiger partial charge in [0.15, 0.2) is 0 Å². The van der Waals surface area contributed by atoms with Gasteiger partial charge in [0.2, 0.25) is 0 Å². The van der Waals surface area contributed by atoms with E-state index in [9.17, 15) is 4.79 Å². The average Bonchev–Trinajstić information content (AvgIpc) is 2.42. The van der Waals surface area contributed by atoms with E-state index in [1.807, 2.05) is 24.3 Å². The monoisotopic (exact) mass is 242 g/mol. The number of hydrogen-bond acceptors (Lipinski definition) is 4. The summed E-state index contributed by atoms with van der Waals surface area (Å²) in [6.07, 6.45) is 3.71. The van der Waals surface area contributed by atoms with Crippen molar-refractivity contribution in [1.82, 2.24) is 15.5 Å². The van der Waals surface area contributed by atoms with Crippen molar-refractivity contribution < 1.29 is 4.79 Å². The van der Waals surface area contributed by atoms with Crippen LogP contribution in [-0.2, 0) is 6.42 Å². The second kappa shape index (κ2) is 5.77. The molecule has 0 unspecified atom stereocenters. The first-order valence-electron chi connectivity index (χ1n) is 5.65. The summed E-state index contributed by atoms with van der Waals surface area (Å²) in [6.45, 7) is 0.574. The maximum absolute atomic E-state index is 11.7. The number of anilines is 1. The molecular formula is C13H14N4O. The van der Waals surface area contributed by atoms with Crippen molar-refractivity contribution in [2.24, 2.45) is 0 Å². The minimum Gasteiger partial charge on any atom is -0.399 e. The molecule has 2 rings (SSSR count). The molecule has 3 N–H and O–H groups in total. The van der Waals surface area contributed by atoms with Gasteiger partial charge in [0.25, 0.3) is 5.91 Å². The highest BCUT2D eigenvalue weighted by molar-refractivity contribution is 5.93. The lowest BCUT2D eigenvalue weighted by atomic mass is 10.1. The molecular weight excluding hydrogens is 228 g/mol. The van der Waals surface area contributed by atoms with Crippen LogP contribution in [0.5, 0.6) is 0 Å². The van der Waals surface area contributed by atoms with Crippen molar-refractivity contribution >= 4 is 11.6 Å². The van der Waals surface area contributed by atoms with E-state index in [1.165, 1.54) is 12.4 Å². The number of nitrogens with two attached hydrogens (primary N) is 1. The summed E-state index contributed by atoms with van der Waals surface area (Å²) in [4.78, 5) is 11.7. The number of carbonyl (C=O) groups excluding carboxylic acids is 1. The first-order chi connectivity index (χ1) is 8.75. The average molecular weight is 242 g/mol. The second-order valence-electron chi connectivity index (χ2n) is 3.88. The van der Waals surface area contributed by atoms with E-state index in [0.29, 0.717) is 12.1 Å². The Balaban J connectivity index is 1.82. The number of carbonyl (C=O) groups is 1. The van der Waals surface area contributed by atoms with Gasteiger partial charge in [-0.2, -0.15) is 10.2 Å². The lowest BCUT2D eigenvalue weighted by molar-refractivity contribution is 0.0953. The zero-order chi connectivity index (χ0) is 12.8. The van der Waals surface area contributed by atoms with Gasteiger partial charge in [-0.3, -0.25) is 4.79 Å². The molecule has 0 radical (unpaired) electrons. The Bertz CT molecular complexity index is 510. The van der Waals surface area contributed by atoms with Crippen molar-refractivity contribution in [3.63, 3.8) is 0 Å². The van der Waals surface area contributed by atoms with Gasteiger partial charge in [-0.15, -0.1) is 0 Å². The number of nitrogens with one attached hydrogen (secondary N) is 1. The molecule has 0 fully saturated rings. The zero-order valence-corrected chi connectivity index (χ0v) is 9.84. The van der Waals surface area contributed by atoms with Gasteiger partial charge in [-0.1, -0.05) is 12.1 Å². The van der Waals surface area contributed by atoms with E-state index in [0.717, 1.165) is 17.7 Å². The minimum absolute atomic E-state index is 0.139. The van der Waals surface area contributed by atoms with Crippen LogP contribution in [0, 0.1) is 0 Å².